The Morgan fingerprint density at radius 1 is 1.45 bits per heavy atom. The van der Waals surface area contributed by atoms with E-state index in [1.165, 1.54) is 6.92 Å². The molecule has 1 amide bonds. The lowest BCUT2D eigenvalue weighted by atomic mass is 10.3. The molecule has 8 heteroatoms. The van der Waals surface area contributed by atoms with E-state index in [0.29, 0.717) is 12.5 Å². The van der Waals surface area contributed by atoms with Gasteiger partial charge in [-0.3, -0.25) is 4.79 Å². The van der Waals surface area contributed by atoms with Crippen molar-refractivity contribution in [3.05, 3.63) is 5.28 Å². The van der Waals surface area contributed by atoms with E-state index < -0.39 is 0 Å². The molecule has 0 radical (unpaired) electrons. The molecule has 1 fully saturated rings. The standard InChI is InChI=1S/C12H18ClN5O2/c1-7(2)20-12-16-10(13)15-11(17-12)18-5-4-9(6-18)14-8(3)19/h7,9H,4-6H2,1-3H3,(H,14,19). The van der Waals surface area contributed by atoms with Gasteiger partial charge in [-0.1, -0.05) is 0 Å². The molecule has 20 heavy (non-hydrogen) atoms. The van der Waals surface area contributed by atoms with E-state index in [0.717, 1.165) is 13.0 Å². The van der Waals surface area contributed by atoms with Gasteiger partial charge in [0.2, 0.25) is 17.1 Å². The van der Waals surface area contributed by atoms with Crippen molar-refractivity contribution in [2.45, 2.75) is 39.3 Å². The quantitative estimate of drug-likeness (QED) is 0.894. The first-order valence-corrected chi connectivity index (χ1v) is 6.92. The van der Waals surface area contributed by atoms with Crippen LogP contribution in [-0.2, 0) is 4.79 Å². The summed E-state index contributed by atoms with van der Waals surface area (Å²) >= 11 is 5.89. The van der Waals surface area contributed by atoms with Crippen LogP contribution in [-0.4, -0.2) is 46.1 Å². The minimum absolute atomic E-state index is 0.0330. The van der Waals surface area contributed by atoms with Gasteiger partial charge in [-0.05, 0) is 31.9 Å². The van der Waals surface area contributed by atoms with E-state index in [9.17, 15) is 4.79 Å². The zero-order chi connectivity index (χ0) is 14.7. The van der Waals surface area contributed by atoms with Gasteiger partial charge in [0, 0.05) is 26.1 Å². The van der Waals surface area contributed by atoms with Crippen LogP contribution in [0.5, 0.6) is 6.01 Å². The van der Waals surface area contributed by atoms with Crippen LogP contribution in [0.4, 0.5) is 5.95 Å². The minimum Gasteiger partial charge on any atom is -0.461 e. The second-order valence-electron chi connectivity index (χ2n) is 4.99. The highest BCUT2D eigenvalue weighted by molar-refractivity contribution is 6.28. The molecule has 0 bridgehead atoms. The predicted octanol–water partition coefficient (Wildman–Crippen LogP) is 1.03. The molecule has 2 rings (SSSR count). The zero-order valence-corrected chi connectivity index (χ0v) is 12.5. The third-order valence-electron chi connectivity index (χ3n) is 2.80. The average molecular weight is 300 g/mol. The highest BCUT2D eigenvalue weighted by Gasteiger charge is 2.25. The minimum atomic E-state index is -0.0352. The molecule has 1 N–H and O–H groups in total. The molecule has 0 aromatic carbocycles. The van der Waals surface area contributed by atoms with Crippen LogP contribution in [0.25, 0.3) is 0 Å². The molecule has 1 aromatic heterocycles. The number of carbonyl (C=O) groups is 1. The summed E-state index contributed by atoms with van der Waals surface area (Å²) in [5, 5.41) is 2.99. The van der Waals surface area contributed by atoms with E-state index in [4.69, 9.17) is 16.3 Å². The number of hydrogen-bond donors (Lipinski definition) is 1. The van der Waals surface area contributed by atoms with Crippen LogP contribution in [0, 0.1) is 0 Å². The van der Waals surface area contributed by atoms with E-state index in [1.54, 1.807) is 0 Å². The van der Waals surface area contributed by atoms with Gasteiger partial charge in [-0.2, -0.15) is 15.0 Å². The molecule has 0 aliphatic carbocycles. The Hall–Kier alpha value is -1.63. The fourth-order valence-electron chi connectivity index (χ4n) is 2.07. The van der Waals surface area contributed by atoms with Gasteiger partial charge >= 0.3 is 6.01 Å². The molecule has 0 saturated carbocycles. The number of carbonyl (C=O) groups excluding carboxylic acids is 1. The number of aromatic nitrogens is 3. The smallest absolute Gasteiger partial charge is 0.322 e. The summed E-state index contributed by atoms with van der Waals surface area (Å²) in [6.07, 6.45) is 0.815. The molecule has 1 aliphatic rings. The normalized spacial score (nSPS) is 18.4. The second kappa shape index (κ2) is 6.21. The number of rotatable bonds is 4. The van der Waals surface area contributed by atoms with Crippen molar-refractivity contribution in [2.75, 3.05) is 18.0 Å². The number of ether oxygens (including phenoxy) is 1. The number of nitrogens with zero attached hydrogens (tertiary/aromatic N) is 4. The first-order valence-electron chi connectivity index (χ1n) is 6.54. The monoisotopic (exact) mass is 299 g/mol. The van der Waals surface area contributed by atoms with Gasteiger partial charge in [-0.25, -0.2) is 0 Å². The van der Waals surface area contributed by atoms with Crippen molar-refractivity contribution in [3.8, 4) is 6.01 Å². The Labute approximate surface area is 122 Å². The van der Waals surface area contributed by atoms with Crippen molar-refractivity contribution in [1.82, 2.24) is 20.3 Å². The predicted molar refractivity (Wildman–Crippen MR) is 75.0 cm³/mol. The lowest BCUT2D eigenvalue weighted by Crippen LogP contribution is -2.36. The fourth-order valence-corrected chi connectivity index (χ4v) is 2.22. The molecule has 1 aromatic rings. The summed E-state index contributed by atoms with van der Waals surface area (Å²) in [5.74, 6) is 0.447. The molecule has 1 unspecified atom stereocenters. The van der Waals surface area contributed by atoms with Crippen molar-refractivity contribution in [2.24, 2.45) is 0 Å². The van der Waals surface area contributed by atoms with Gasteiger partial charge in [0.05, 0.1) is 6.10 Å². The van der Waals surface area contributed by atoms with Gasteiger partial charge in [0.25, 0.3) is 0 Å². The van der Waals surface area contributed by atoms with Gasteiger partial charge < -0.3 is 15.0 Å². The lowest BCUT2D eigenvalue weighted by Gasteiger charge is -2.17. The molecule has 110 valence electrons. The number of anilines is 1. The van der Waals surface area contributed by atoms with Gasteiger partial charge in [0.15, 0.2) is 0 Å². The number of halogens is 1. The van der Waals surface area contributed by atoms with E-state index >= 15 is 0 Å². The van der Waals surface area contributed by atoms with Gasteiger partial charge in [-0.15, -0.1) is 0 Å². The fraction of sp³-hybridized carbons (Fsp3) is 0.667. The third-order valence-corrected chi connectivity index (χ3v) is 2.96. The summed E-state index contributed by atoms with van der Waals surface area (Å²) in [7, 11) is 0. The van der Waals surface area contributed by atoms with Crippen molar-refractivity contribution in [1.29, 1.82) is 0 Å². The van der Waals surface area contributed by atoms with Crippen LogP contribution in [0.3, 0.4) is 0 Å². The molecule has 1 aliphatic heterocycles. The Kier molecular flexibility index (Phi) is 4.59. The van der Waals surface area contributed by atoms with Crippen LogP contribution < -0.4 is 15.0 Å². The molecular formula is C12H18ClN5O2. The largest absolute Gasteiger partial charge is 0.461 e. The molecule has 1 saturated heterocycles. The van der Waals surface area contributed by atoms with E-state index in [-0.39, 0.29) is 29.3 Å². The second-order valence-corrected chi connectivity index (χ2v) is 5.32. The number of amides is 1. The number of nitrogens with one attached hydrogen (secondary N) is 1. The lowest BCUT2D eigenvalue weighted by molar-refractivity contribution is -0.119. The third kappa shape index (κ3) is 3.93. The number of hydrogen-bond acceptors (Lipinski definition) is 6. The van der Waals surface area contributed by atoms with Crippen molar-refractivity contribution < 1.29 is 9.53 Å². The molecular weight excluding hydrogens is 282 g/mol. The Bertz CT molecular complexity index is 497. The topological polar surface area (TPSA) is 80.2 Å². The maximum absolute atomic E-state index is 11.1. The SMILES string of the molecule is CC(=O)NC1CCN(c2nc(Cl)nc(OC(C)C)n2)C1. The molecule has 1 atom stereocenters. The Morgan fingerprint density at radius 2 is 2.20 bits per heavy atom. The van der Waals surface area contributed by atoms with E-state index in [1.807, 2.05) is 18.7 Å². The highest BCUT2D eigenvalue weighted by Crippen LogP contribution is 2.20. The van der Waals surface area contributed by atoms with E-state index in [2.05, 4.69) is 20.3 Å². The highest BCUT2D eigenvalue weighted by atomic mass is 35.5. The summed E-state index contributed by atoms with van der Waals surface area (Å²) in [4.78, 5) is 25.3. The molecule has 2 heterocycles. The van der Waals surface area contributed by atoms with Crippen LogP contribution in [0.1, 0.15) is 27.2 Å². The summed E-state index contributed by atoms with van der Waals surface area (Å²) < 4.78 is 5.44. The van der Waals surface area contributed by atoms with Crippen LogP contribution in [0.2, 0.25) is 5.28 Å². The average Bonchev–Trinajstić information content (AvgIpc) is 2.74. The van der Waals surface area contributed by atoms with Crippen molar-refractivity contribution in [3.63, 3.8) is 0 Å². The summed E-state index contributed by atoms with van der Waals surface area (Å²) in [6.45, 7) is 6.70. The molecule has 0 spiro atoms. The maximum atomic E-state index is 11.1. The maximum Gasteiger partial charge on any atom is 0.322 e. The first kappa shape index (κ1) is 14.8. The first-order chi connectivity index (χ1) is 9.44. The van der Waals surface area contributed by atoms with Crippen LogP contribution in [0.15, 0.2) is 0 Å². The summed E-state index contributed by atoms with van der Waals surface area (Å²) in [5.41, 5.74) is 0. The Morgan fingerprint density at radius 3 is 2.85 bits per heavy atom. The molecule has 7 nitrogen and oxygen atoms in total. The van der Waals surface area contributed by atoms with Gasteiger partial charge in [0.1, 0.15) is 0 Å². The van der Waals surface area contributed by atoms with Crippen molar-refractivity contribution >= 4 is 23.5 Å². The summed E-state index contributed by atoms with van der Waals surface area (Å²) in [6, 6.07) is 0.329. The Balaban J connectivity index is 2.09. The van der Waals surface area contributed by atoms with Crippen LogP contribution >= 0.6 is 11.6 Å². The zero-order valence-electron chi connectivity index (χ0n) is 11.8.